The standard InChI is InChI=1S/C18H17N3O4/c22-16-14-12-19(17(23)15-7-4-10-25-15)8-9-20(14)18(24)21(16)11-13-5-2-1-3-6-13/h1-7,10,14H,8-9,11-12H2/t14-/m1/s1. The van der Waals surface area contributed by atoms with Crippen LogP contribution in [-0.2, 0) is 11.3 Å². The smallest absolute Gasteiger partial charge is 0.327 e. The molecule has 0 N–H and O–H groups in total. The SMILES string of the molecule is O=C(c1ccco1)N1CCN2C(=O)N(Cc3ccccc3)C(=O)[C@H]2C1. The van der Waals surface area contributed by atoms with E-state index >= 15 is 0 Å². The zero-order valence-electron chi connectivity index (χ0n) is 13.5. The van der Waals surface area contributed by atoms with E-state index in [4.69, 9.17) is 4.42 Å². The molecule has 0 unspecified atom stereocenters. The van der Waals surface area contributed by atoms with Crippen molar-refractivity contribution in [2.45, 2.75) is 12.6 Å². The molecule has 2 aliphatic heterocycles. The van der Waals surface area contributed by atoms with Crippen LogP contribution in [0.25, 0.3) is 0 Å². The molecule has 1 aromatic carbocycles. The number of imide groups is 1. The molecule has 0 bridgehead atoms. The number of carbonyl (C=O) groups is 3. The minimum Gasteiger partial charge on any atom is -0.459 e. The van der Waals surface area contributed by atoms with E-state index in [9.17, 15) is 14.4 Å². The Kier molecular flexibility index (Phi) is 3.76. The van der Waals surface area contributed by atoms with Crippen molar-refractivity contribution < 1.29 is 18.8 Å². The van der Waals surface area contributed by atoms with Gasteiger partial charge >= 0.3 is 6.03 Å². The van der Waals surface area contributed by atoms with E-state index in [2.05, 4.69) is 0 Å². The third kappa shape index (κ3) is 2.67. The first-order chi connectivity index (χ1) is 12.1. The second kappa shape index (κ2) is 6.08. The summed E-state index contributed by atoms with van der Waals surface area (Å²) in [5.74, 6) is -0.274. The monoisotopic (exact) mass is 339 g/mol. The molecule has 128 valence electrons. The lowest BCUT2D eigenvalue weighted by Gasteiger charge is -2.34. The van der Waals surface area contributed by atoms with Crippen molar-refractivity contribution in [2.75, 3.05) is 19.6 Å². The van der Waals surface area contributed by atoms with Gasteiger partial charge in [-0.15, -0.1) is 0 Å². The van der Waals surface area contributed by atoms with Gasteiger partial charge in [0.2, 0.25) is 0 Å². The van der Waals surface area contributed by atoms with Crippen LogP contribution in [0.3, 0.4) is 0 Å². The highest BCUT2D eigenvalue weighted by atomic mass is 16.3. The van der Waals surface area contributed by atoms with Crippen LogP contribution < -0.4 is 0 Å². The predicted octanol–water partition coefficient (Wildman–Crippen LogP) is 1.57. The number of furan rings is 1. The van der Waals surface area contributed by atoms with Gasteiger partial charge in [-0.05, 0) is 17.7 Å². The maximum atomic E-state index is 12.7. The highest BCUT2D eigenvalue weighted by Gasteiger charge is 2.48. The van der Waals surface area contributed by atoms with E-state index in [-0.39, 0.29) is 36.7 Å². The third-order valence-corrected chi connectivity index (χ3v) is 4.61. The minimum atomic E-state index is -0.621. The number of benzene rings is 1. The molecule has 0 spiro atoms. The summed E-state index contributed by atoms with van der Waals surface area (Å²) in [5.41, 5.74) is 0.896. The molecule has 4 amide bonds. The molecule has 3 heterocycles. The summed E-state index contributed by atoms with van der Waals surface area (Å²) in [7, 11) is 0. The number of piperazine rings is 1. The lowest BCUT2D eigenvalue weighted by Crippen LogP contribution is -2.54. The summed E-state index contributed by atoms with van der Waals surface area (Å²) in [6, 6.07) is 11.7. The van der Waals surface area contributed by atoms with Gasteiger partial charge in [0.05, 0.1) is 19.4 Å². The molecule has 2 saturated heterocycles. The number of amides is 4. The zero-order valence-corrected chi connectivity index (χ0v) is 13.5. The van der Waals surface area contributed by atoms with E-state index < -0.39 is 6.04 Å². The van der Waals surface area contributed by atoms with Gasteiger partial charge in [0.15, 0.2) is 5.76 Å². The Morgan fingerprint density at radius 2 is 1.88 bits per heavy atom. The topological polar surface area (TPSA) is 74.1 Å². The van der Waals surface area contributed by atoms with Crippen LogP contribution in [0, 0.1) is 0 Å². The van der Waals surface area contributed by atoms with Crippen LogP contribution in [0.4, 0.5) is 4.79 Å². The van der Waals surface area contributed by atoms with Gasteiger partial charge in [-0.3, -0.25) is 14.5 Å². The van der Waals surface area contributed by atoms with Crippen molar-refractivity contribution in [3.63, 3.8) is 0 Å². The van der Waals surface area contributed by atoms with Crippen molar-refractivity contribution in [3.05, 3.63) is 60.1 Å². The number of rotatable bonds is 3. The van der Waals surface area contributed by atoms with Gasteiger partial charge in [0, 0.05) is 13.1 Å². The maximum Gasteiger partial charge on any atom is 0.327 e. The van der Waals surface area contributed by atoms with Crippen LogP contribution >= 0.6 is 0 Å². The molecule has 1 atom stereocenters. The molecular formula is C18H17N3O4. The van der Waals surface area contributed by atoms with Crippen LogP contribution in [0.2, 0.25) is 0 Å². The van der Waals surface area contributed by atoms with Crippen molar-refractivity contribution in [3.8, 4) is 0 Å². The van der Waals surface area contributed by atoms with Crippen molar-refractivity contribution in [1.82, 2.24) is 14.7 Å². The largest absolute Gasteiger partial charge is 0.459 e. The van der Waals surface area contributed by atoms with Crippen molar-refractivity contribution >= 4 is 17.8 Å². The van der Waals surface area contributed by atoms with E-state index in [1.54, 1.807) is 21.9 Å². The Bertz CT molecular complexity index is 803. The Morgan fingerprint density at radius 3 is 2.60 bits per heavy atom. The molecule has 2 fully saturated rings. The molecule has 2 aliphatic rings. The molecule has 25 heavy (non-hydrogen) atoms. The Hall–Kier alpha value is -3.09. The zero-order chi connectivity index (χ0) is 17.4. The Labute approximate surface area is 144 Å². The average molecular weight is 339 g/mol. The molecular weight excluding hydrogens is 322 g/mol. The van der Waals surface area contributed by atoms with Gasteiger partial charge in [-0.1, -0.05) is 30.3 Å². The lowest BCUT2D eigenvalue weighted by atomic mass is 10.1. The van der Waals surface area contributed by atoms with Gasteiger partial charge in [0.25, 0.3) is 11.8 Å². The molecule has 0 aliphatic carbocycles. The Balaban J connectivity index is 1.50. The normalized spacial score (nSPS) is 20.2. The van der Waals surface area contributed by atoms with Crippen molar-refractivity contribution in [2.24, 2.45) is 0 Å². The maximum absolute atomic E-state index is 12.7. The molecule has 0 saturated carbocycles. The molecule has 1 aromatic heterocycles. The number of carbonyl (C=O) groups excluding carboxylic acids is 3. The number of hydrogen-bond acceptors (Lipinski definition) is 4. The van der Waals surface area contributed by atoms with Gasteiger partial charge in [-0.2, -0.15) is 0 Å². The van der Waals surface area contributed by atoms with Crippen LogP contribution in [0.5, 0.6) is 0 Å². The average Bonchev–Trinajstić information content (AvgIpc) is 3.26. The highest BCUT2D eigenvalue weighted by molar-refractivity contribution is 6.05. The first-order valence-corrected chi connectivity index (χ1v) is 8.14. The van der Waals surface area contributed by atoms with Crippen LogP contribution in [-0.4, -0.2) is 58.2 Å². The molecule has 2 aromatic rings. The summed E-state index contributed by atoms with van der Waals surface area (Å²) in [4.78, 5) is 42.1. The molecule has 7 nitrogen and oxygen atoms in total. The summed E-state index contributed by atoms with van der Waals surface area (Å²) in [6.07, 6.45) is 1.44. The van der Waals surface area contributed by atoms with Gasteiger partial charge in [0.1, 0.15) is 6.04 Å². The minimum absolute atomic E-state index is 0.190. The summed E-state index contributed by atoms with van der Waals surface area (Å²) in [6.45, 7) is 1.16. The summed E-state index contributed by atoms with van der Waals surface area (Å²) < 4.78 is 5.14. The first-order valence-electron chi connectivity index (χ1n) is 8.14. The van der Waals surface area contributed by atoms with Gasteiger partial charge < -0.3 is 14.2 Å². The second-order valence-corrected chi connectivity index (χ2v) is 6.13. The summed E-state index contributed by atoms with van der Waals surface area (Å²) in [5, 5.41) is 0. The fraction of sp³-hybridized carbons (Fsp3) is 0.278. The fourth-order valence-electron chi connectivity index (χ4n) is 3.30. The number of fused-ring (bicyclic) bond motifs is 1. The summed E-state index contributed by atoms with van der Waals surface area (Å²) >= 11 is 0. The third-order valence-electron chi connectivity index (χ3n) is 4.61. The first kappa shape index (κ1) is 15.4. The predicted molar refractivity (Wildman–Crippen MR) is 87.5 cm³/mol. The lowest BCUT2D eigenvalue weighted by molar-refractivity contribution is -0.129. The Morgan fingerprint density at radius 1 is 1.08 bits per heavy atom. The van der Waals surface area contributed by atoms with Gasteiger partial charge in [-0.25, -0.2) is 4.79 Å². The van der Waals surface area contributed by atoms with E-state index in [1.807, 2.05) is 30.3 Å². The molecule has 4 rings (SSSR count). The number of nitrogens with zero attached hydrogens (tertiary/aromatic N) is 3. The van der Waals surface area contributed by atoms with E-state index in [0.29, 0.717) is 13.1 Å². The van der Waals surface area contributed by atoms with Crippen molar-refractivity contribution in [1.29, 1.82) is 0 Å². The number of hydrogen-bond donors (Lipinski definition) is 0. The second-order valence-electron chi connectivity index (χ2n) is 6.13. The fourth-order valence-corrected chi connectivity index (χ4v) is 3.30. The van der Waals surface area contributed by atoms with Crippen LogP contribution in [0.15, 0.2) is 53.1 Å². The van der Waals surface area contributed by atoms with Crippen LogP contribution in [0.1, 0.15) is 16.1 Å². The molecule has 0 radical (unpaired) electrons. The quantitative estimate of drug-likeness (QED) is 0.796. The highest BCUT2D eigenvalue weighted by Crippen LogP contribution is 2.24. The number of urea groups is 1. The van der Waals surface area contributed by atoms with E-state index in [1.165, 1.54) is 11.2 Å². The molecule has 7 heteroatoms. The van der Waals surface area contributed by atoms with E-state index in [0.717, 1.165) is 5.56 Å².